The predicted molar refractivity (Wildman–Crippen MR) is 62.8 cm³/mol. The van der Waals surface area contributed by atoms with Gasteiger partial charge in [-0.3, -0.25) is 4.90 Å². The van der Waals surface area contributed by atoms with Crippen LogP contribution in [0.4, 0.5) is 0 Å². The molecular formula is C12H18N4. The molecule has 0 bridgehead atoms. The predicted octanol–water partition coefficient (Wildman–Crippen LogP) is 1.22. The molecule has 1 N–H and O–H groups in total. The quantitative estimate of drug-likeness (QED) is 0.829. The normalized spacial score (nSPS) is 20.5. The second kappa shape index (κ2) is 5.15. The summed E-state index contributed by atoms with van der Waals surface area (Å²) in [5.74, 6) is 0. The maximum Gasteiger partial charge on any atom is 0.138 e. The Labute approximate surface area is 96.5 Å². The standard InChI is InChI=1S/C12H18N4/c1-2-15-6-8-16(9-7-15)12(10-13)11-4-3-5-14-11/h3-5,12,14H,2,6-9H2,1H3. The molecule has 2 rings (SSSR count). The third kappa shape index (κ3) is 2.26. The first-order chi connectivity index (χ1) is 7.85. The lowest BCUT2D eigenvalue weighted by molar-refractivity contribution is 0.117. The van der Waals surface area contributed by atoms with Gasteiger partial charge >= 0.3 is 0 Å². The number of rotatable bonds is 3. The van der Waals surface area contributed by atoms with Crippen LogP contribution in [0.2, 0.25) is 0 Å². The molecule has 16 heavy (non-hydrogen) atoms. The van der Waals surface area contributed by atoms with E-state index in [9.17, 15) is 5.26 Å². The summed E-state index contributed by atoms with van der Waals surface area (Å²) in [6.45, 7) is 7.37. The van der Waals surface area contributed by atoms with E-state index in [1.807, 2.05) is 18.3 Å². The van der Waals surface area contributed by atoms with Gasteiger partial charge in [0.25, 0.3) is 0 Å². The van der Waals surface area contributed by atoms with E-state index in [0.29, 0.717) is 0 Å². The van der Waals surface area contributed by atoms with Gasteiger partial charge in [0.2, 0.25) is 0 Å². The first-order valence-corrected chi connectivity index (χ1v) is 5.84. The average Bonchev–Trinajstić information content (AvgIpc) is 2.85. The van der Waals surface area contributed by atoms with Crippen LogP contribution in [-0.4, -0.2) is 47.5 Å². The van der Waals surface area contributed by atoms with E-state index in [1.165, 1.54) is 0 Å². The van der Waals surface area contributed by atoms with Crippen LogP contribution in [0.1, 0.15) is 18.7 Å². The van der Waals surface area contributed by atoms with E-state index in [0.717, 1.165) is 38.4 Å². The summed E-state index contributed by atoms with van der Waals surface area (Å²) in [7, 11) is 0. The molecule has 1 aliphatic rings. The van der Waals surface area contributed by atoms with Gasteiger partial charge in [-0.2, -0.15) is 5.26 Å². The molecule has 86 valence electrons. The zero-order valence-electron chi connectivity index (χ0n) is 9.69. The molecule has 1 saturated heterocycles. The Bertz CT molecular complexity index is 344. The van der Waals surface area contributed by atoms with Crippen molar-refractivity contribution in [2.45, 2.75) is 13.0 Å². The highest BCUT2D eigenvalue weighted by atomic mass is 15.3. The van der Waals surface area contributed by atoms with Crippen molar-refractivity contribution < 1.29 is 0 Å². The third-order valence-electron chi connectivity index (χ3n) is 3.26. The Morgan fingerprint density at radius 3 is 2.69 bits per heavy atom. The molecule has 1 fully saturated rings. The Kier molecular flexibility index (Phi) is 3.60. The van der Waals surface area contributed by atoms with Crippen molar-refractivity contribution in [2.24, 2.45) is 0 Å². The van der Waals surface area contributed by atoms with Crippen molar-refractivity contribution in [1.82, 2.24) is 14.8 Å². The highest BCUT2D eigenvalue weighted by Crippen LogP contribution is 2.19. The summed E-state index contributed by atoms with van der Waals surface area (Å²) in [4.78, 5) is 7.80. The Balaban J connectivity index is 2.00. The fourth-order valence-corrected chi connectivity index (χ4v) is 2.20. The van der Waals surface area contributed by atoms with Crippen LogP contribution in [0, 0.1) is 11.3 Å². The van der Waals surface area contributed by atoms with Crippen LogP contribution in [0.5, 0.6) is 0 Å². The summed E-state index contributed by atoms with van der Waals surface area (Å²) in [6, 6.07) is 6.20. The van der Waals surface area contributed by atoms with E-state index >= 15 is 0 Å². The second-order valence-electron chi connectivity index (χ2n) is 4.13. The van der Waals surface area contributed by atoms with Gasteiger partial charge in [-0.05, 0) is 18.7 Å². The van der Waals surface area contributed by atoms with Gasteiger partial charge in [0.05, 0.1) is 6.07 Å². The van der Waals surface area contributed by atoms with E-state index in [2.05, 4.69) is 27.8 Å². The van der Waals surface area contributed by atoms with Crippen molar-refractivity contribution in [3.8, 4) is 6.07 Å². The van der Waals surface area contributed by atoms with Crippen molar-refractivity contribution in [3.63, 3.8) is 0 Å². The van der Waals surface area contributed by atoms with Gasteiger partial charge in [0.1, 0.15) is 6.04 Å². The maximum atomic E-state index is 9.25. The zero-order chi connectivity index (χ0) is 11.4. The van der Waals surface area contributed by atoms with Gasteiger partial charge in [-0.1, -0.05) is 6.92 Å². The number of aromatic amines is 1. The first-order valence-electron chi connectivity index (χ1n) is 5.84. The largest absolute Gasteiger partial charge is 0.363 e. The summed E-state index contributed by atoms with van der Waals surface area (Å²) in [5, 5.41) is 9.25. The highest BCUT2D eigenvalue weighted by molar-refractivity contribution is 5.16. The monoisotopic (exact) mass is 218 g/mol. The van der Waals surface area contributed by atoms with E-state index < -0.39 is 0 Å². The SMILES string of the molecule is CCN1CCN(C(C#N)c2ccc[nH]2)CC1. The molecule has 0 aliphatic carbocycles. The molecule has 1 aliphatic heterocycles. The third-order valence-corrected chi connectivity index (χ3v) is 3.26. The van der Waals surface area contributed by atoms with Crippen LogP contribution in [0.3, 0.4) is 0 Å². The molecule has 0 amide bonds. The van der Waals surface area contributed by atoms with Crippen LogP contribution >= 0.6 is 0 Å². The lowest BCUT2D eigenvalue weighted by Gasteiger charge is -2.36. The molecule has 1 unspecified atom stereocenters. The minimum absolute atomic E-state index is 0.117. The van der Waals surface area contributed by atoms with Crippen LogP contribution in [-0.2, 0) is 0 Å². The average molecular weight is 218 g/mol. The molecule has 1 atom stereocenters. The summed E-state index contributed by atoms with van der Waals surface area (Å²) in [5.41, 5.74) is 1.01. The van der Waals surface area contributed by atoms with Crippen LogP contribution in [0.25, 0.3) is 0 Å². The molecule has 4 nitrogen and oxygen atoms in total. The van der Waals surface area contributed by atoms with Gasteiger partial charge < -0.3 is 9.88 Å². The molecule has 0 radical (unpaired) electrons. The molecule has 2 heterocycles. The number of hydrogen-bond donors (Lipinski definition) is 1. The minimum atomic E-state index is -0.117. The van der Waals surface area contributed by atoms with Crippen molar-refractivity contribution in [1.29, 1.82) is 5.26 Å². The summed E-state index contributed by atoms with van der Waals surface area (Å²) < 4.78 is 0. The number of piperazine rings is 1. The topological polar surface area (TPSA) is 46.1 Å². The molecule has 1 aromatic heterocycles. The maximum absolute atomic E-state index is 9.25. The first kappa shape index (κ1) is 11.2. The Morgan fingerprint density at radius 1 is 1.44 bits per heavy atom. The van der Waals surface area contributed by atoms with E-state index in [4.69, 9.17) is 0 Å². The number of H-pyrrole nitrogens is 1. The van der Waals surface area contributed by atoms with E-state index in [-0.39, 0.29) is 6.04 Å². The smallest absolute Gasteiger partial charge is 0.138 e. The van der Waals surface area contributed by atoms with Crippen LogP contribution in [0.15, 0.2) is 18.3 Å². The molecule has 1 aromatic rings. The minimum Gasteiger partial charge on any atom is -0.363 e. The number of nitriles is 1. The van der Waals surface area contributed by atoms with Gasteiger partial charge in [-0.15, -0.1) is 0 Å². The Hall–Kier alpha value is -1.31. The zero-order valence-corrected chi connectivity index (χ0v) is 9.69. The lowest BCUT2D eigenvalue weighted by Crippen LogP contribution is -2.47. The second-order valence-corrected chi connectivity index (χ2v) is 4.13. The highest BCUT2D eigenvalue weighted by Gasteiger charge is 2.24. The number of hydrogen-bond acceptors (Lipinski definition) is 3. The van der Waals surface area contributed by atoms with Gasteiger partial charge in [0, 0.05) is 38.1 Å². The molecule has 0 aromatic carbocycles. The molecule has 4 heteroatoms. The van der Waals surface area contributed by atoms with Crippen molar-refractivity contribution >= 4 is 0 Å². The van der Waals surface area contributed by atoms with Crippen molar-refractivity contribution in [2.75, 3.05) is 32.7 Å². The summed E-state index contributed by atoms with van der Waals surface area (Å²) in [6.07, 6.45) is 1.88. The van der Waals surface area contributed by atoms with Gasteiger partial charge in [-0.25, -0.2) is 0 Å². The fraction of sp³-hybridized carbons (Fsp3) is 0.583. The lowest BCUT2D eigenvalue weighted by atomic mass is 10.1. The number of nitrogens with one attached hydrogen (secondary N) is 1. The van der Waals surface area contributed by atoms with E-state index in [1.54, 1.807) is 0 Å². The summed E-state index contributed by atoms with van der Waals surface area (Å²) >= 11 is 0. The van der Waals surface area contributed by atoms with Crippen molar-refractivity contribution in [3.05, 3.63) is 24.0 Å². The number of aromatic nitrogens is 1. The number of likely N-dealkylation sites (N-methyl/N-ethyl adjacent to an activating group) is 1. The van der Waals surface area contributed by atoms with Crippen LogP contribution < -0.4 is 0 Å². The number of nitrogens with zero attached hydrogens (tertiary/aromatic N) is 3. The Morgan fingerprint density at radius 2 is 2.19 bits per heavy atom. The fourth-order valence-electron chi connectivity index (χ4n) is 2.20. The molecule has 0 saturated carbocycles. The molecular weight excluding hydrogens is 200 g/mol. The van der Waals surface area contributed by atoms with Gasteiger partial charge in [0.15, 0.2) is 0 Å². The molecule has 0 spiro atoms.